The Morgan fingerprint density at radius 1 is 1.33 bits per heavy atom. The van der Waals surface area contributed by atoms with Gasteiger partial charge in [0, 0.05) is 13.2 Å². The van der Waals surface area contributed by atoms with Crippen LogP contribution in [-0.2, 0) is 0 Å². The van der Waals surface area contributed by atoms with Crippen LogP contribution in [0.5, 0.6) is 0 Å². The van der Waals surface area contributed by atoms with Crippen molar-refractivity contribution in [1.29, 1.82) is 0 Å². The minimum Gasteiger partial charge on any atom is -0.340 e. The van der Waals surface area contributed by atoms with Gasteiger partial charge in [0.1, 0.15) is 12.0 Å². The summed E-state index contributed by atoms with van der Waals surface area (Å²) in [5, 5.41) is 6.46. The zero-order valence-corrected chi connectivity index (χ0v) is 9.60. The molecule has 0 aromatic carbocycles. The van der Waals surface area contributed by atoms with Crippen molar-refractivity contribution < 1.29 is 0 Å². The van der Waals surface area contributed by atoms with Gasteiger partial charge in [0.15, 0.2) is 5.82 Å². The van der Waals surface area contributed by atoms with Crippen molar-refractivity contribution in [2.75, 3.05) is 12.1 Å². The summed E-state index contributed by atoms with van der Waals surface area (Å²) in [4.78, 5) is 6.50. The number of rotatable bonds is 1. The Morgan fingerprint density at radius 2 is 2.07 bits per heavy atom. The molecule has 0 radical (unpaired) electrons. The second kappa shape index (κ2) is 3.53. The highest BCUT2D eigenvalue weighted by atomic mass is 15.6. The van der Waals surface area contributed by atoms with Gasteiger partial charge < -0.3 is 4.90 Å². The van der Waals surface area contributed by atoms with Crippen LogP contribution in [0.15, 0.2) is 23.4 Å². The summed E-state index contributed by atoms with van der Waals surface area (Å²) in [6.07, 6.45) is 2.04. The quantitative estimate of drug-likeness (QED) is 0.699. The first kappa shape index (κ1) is 9.96. The van der Waals surface area contributed by atoms with Crippen molar-refractivity contribution in [3.8, 4) is 0 Å². The number of hydrogen-bond acceptors (Lipinski definition) is 4. The van der Waals surface area contributed by atoms with Crippen LogP contribution in [0.1, 0.15) is 19.4 Å². The number of hydrazone groups is 1. The fourth-order valence-corrected chi connectivity index (χ4v) is 1.69. The molecule has 0 amide bonds. The van der Waals surface area contributed by atoms with Gasteiger partial charge >= 0.3 is 0 Å². The minimum atomic E-state index is 0.235. The van der Waals surface area contributed by atoms with E-state index < -0.39 is 0 Å². The molecule has 1 atom stereocenters. The van der Waals surface area contributed by atoms with Crippen molar-refractivity contribution in [3.63, 3.8) is 0 Å². The molecule has 4 nitrogen and oxygen atoms in total. The average molecular weight is 204 g/mol. The van der Waals surface area contributed by atoms with Crippen LogP contribution >= 0.6 is 0 Å². The molecule has 0 N–H and O–H groups in total. The predicted molar refractivity (Wildman–Crippen MR) is 61.8 cm³/mol. The van der Waals surface area contributed by atoms with Crippen LogP contribution in [0.2, 0.25) is 0 Å². The van der Waals surface area contributed by atoms with Gasteiger partial charge in [-0.15, -0.1) is 0 Å². The van der Waals surface area contributed by atoms with E-state index in [2.05, 4.69) is 34.9 Å². The van der Waals surface area contributed by atoms with E-state index in [1.807, 2.05) is 25.0 Å². The molecule has 2 rings (SSSR count). The summed E-state index contributed by atoms with van der Waals surface area (Å²) in [6.45, 7) is 6.18. The second-order valence-corrected chi connectivity index (χ2v) is 3.88. The highest BCUT2D eigenvalue weighted by molar-refractivity contribution is 5.83. The third-order valence-corrected chi connectivity index (χ3v) is 2.88. The summed E-state index contributed by atoms with van der Waals surface area (Å²) in [5.41, 5.74) is 1.15. The summed E-state index contributed by atoms with van der Waals surface area (Å²) < 4.78 is 0. The summed E-state index contributed by atoms with van der Waals surface area (Å²) in [6, 6.07) is 4.00. The molecule has 0 aliphatic carbocycles. The van der Waals surface area contributed by atoms with E-state index in [1.165, 1.54) is 0 Å². The van der Waals surface area contributed by atoms with Gasteiger partial charge in [-0.25, -0.2) is 9.99 Å². The Kier molecular flexibility index (Phi) is 2.34. The Morgan fingerprint density at radius 3 is 2.60 bits per heavy atom. The second-order valence-electron chi connectivity index (χ2n) is 3.88. The van der Waals surface area contributed by atoms with Gasteiger partial charge in [-0.1, -0.05) is 6.07 Å². The van der Waals surface area contributed by atoms with Crippen LogP contribution in [0.4, 0.5) is 5.82 Å². The van der Waals surface area contributed by atoms with E-state index in [4.69, 9.17) is 0 Å². The lowest BCUT2D eigenvalue weighted by atomic mass is 10.3. The van der Waals surface area contributed by atoms with Crippen LogP contribution < -0.4 is 5.01 Å². The van der Waals surface area contributed by atoms with Gasteiger partial charge in [-0.05, 0) is 32.4 Å². The standard InChI is InChI=1S/C11H16N4/c1-8-6-5-7-12-11(8)15-10(3)14(4)9(2)13-15/h5-7,10H,1-4H3. The summed E-state index contributed by atoms with van der Waals surface area (Å²) >= 11 is 0. The Labute approximate surface area is 90.2 Å². The zero-order chi connectivity index (χ0) is 11.0. The van der Waals surface area contributed by atoms with Crippen molar-refractivity contribution in [1.82, 2.24) is 9.88 Å². The number of pyridine rings is 1. The summed E-state index contributed by atoms with van der Waals surface area (Å²) in [5.74, 6) is 1.96. The maximum atomic E-state index is 4.50. The first-order chi connectivity index (χ1) is 7.11. The van der Waals surface area contributed by atoms with Crippen LogP contribution in [0, 0.1) is 6.92 Å². The molecular formula is C11H16N4. The molecule has 0 saturated carbocycles. The highest BCUT2D eigenvalue weighted by Crippen LogP contribution is 2.24. The molecular weight excluding hydrogens is 188 g/mol. The number of amidine groups is 1. The molecule has 1 unspecified atom stereocenters. The lowest BCUT2D eigenvalue weighted by Crippen LogP contribution is -2.36. The molecule has 0 fully saturated rings. The van der Waals surface area contributed by atoms with Crippen LogP contribution in [0.25, 0.3) is 0 Å². The third-order valence-electron chi connectivity index (χ3n) is 2.88. The number of nitrogens with zero attached hydrogens (tertiary/aromatic N) is 4. The zero-order valence-electron chi connectivity index (χ0n) is 9.60. The Bertz CT molecular complexity index is 399. The van der Waals surface area contributed by atoms with E-state index in [1.54, 1.807) is 6.20 Å². The molecule has 0 bridgehead atoms. The normalized spacial score (nSPS) is 20.8. The van der Waals surface area contributed by atoms with E-state index >= 15 is 0 Å². The van der Waals surface area contributed by atoms with Gasteiger partial charge in [0.25, 0.3) is 0 Å². The monoisotopic (exact) mass is 204 g/mol. The van der Waals surface area contributed by atoms with Crippen molar-refractivity contribution >= 4 is 11.7 Å². The number of hydrogen-bond donors (Lipinski definition) is 0. The number of aromatic nitrogens is 1. The van der Waals surface area contributed by atoms with Crippen molar-refractivity contribution in [3.05, 3.63) is 23.9 Å². The molecule has 1 aromatic heterocycles. The van der Waals surface area contributed by atoms with Crippen LogP contribution in [-0.4, -0.2) is 28.9 Å². The molecule has 0 spiro atoms. The maximum Gasteiger partial charge on any atom is 0.153 e. The lowest BCUT2D eigenvalue weighted by Gasteiger charge is -2.25. The number of aryl methyl sites for hydroxylation is 1. The molecule has 4 heteroatoms. The Hall–Kier alpha value is -1.58. The molecule has 1 aromatic rings. The molecule has 2 heterocycles. The first-order valence-corrected chi connectivity index (χ1v) is 5.10. The third kappa shape index (κ3) is 1.56. The molecule has 1 aliphatic heterocycles. The number of anilines is 1. The van der Waals surface area contributed by atoms with Gasteiger partial charge in [-0.3, -0.25) is 0 Å². The largest absolute Gasteiger partial charge is 0.340 e. The van der Waals surface area contributed by atoms with E-state index in [0.29, 0.717) is 0 Å². The fraction of sp³-hybridized carbons (Fsp3) is 0.455. The van der Waals surface area contributed by atoms with E-state index in [0.717, 1.165) is 17.2 Å². The molecule has 80 valence electrons. The van der Waals surface area contributed by atoms with E-state index in [9.17, 15) is 0 Å². The lowest BCUT2D eigenvalue weighted by molar-refractivity contribution is 0.410. The first-order valence-electron chi connectivity index (χ1n) is 5.10. The molecule has 0 saturated heterocycles. The highest BCUT2D eigenvalue weighted by Gasteiger charge is 2.27. The van der Waals surface area contributed by atoms with Crippen molar-refractivity contribution in [2.24, 2.45) is 5.10 Å². The van der Waals surface area contributed by atoms with Gasteiger partial charge in [0.2, 0.25) is 0 Å². The predicted octanol–water partition coefficient (Wildman–Crippen LogP) is 1.82. The van der Waals surface area contributed by atoms with Gasteiger partial charge in [0.05, 0.1) is 0 Å². The fourth-order valence-electron chi connectivity index (χ4n) is 1.69. The molecule has 15 heavy (non-hydrogen) atoms. The summed E-state index contributed by atoms with van der Waals surface area (Å²) in [7, 11) is 2.04. The Balaban J connectivity index is 2.38. The van der Waals surface area contributed by atoms with E-state index in [-0.39, 0.29) is 6.17 Å². The molecule has 1 aliphatic rings. The average Bonchev–Trinajstić information content (AvgIpc) is 2.47. The SMILES string of the molecule is CC1=NN(c2ncccc2C)C(C)N1C. The minimum absolute atomic E-state index is 0.235. The smallest absolute Gasteiger partial charge is 0.153 e. The van der Waals surface area contributed by atoms with Crippen molar-refractivity contribution in [2.45, 2.75) is 26.9 Å². The van der Waals surface area contributed by atoms with Crippen LogP contribution in [0.3, 0.4) is 0 Å². The topological polar surface area (TPSA) is 31.7 Å². The van der Waals surface area contributed by atoms with Gasteiger partial charge in [-0.2, -0.15) is 5.10 Å². The maximum absolute atomic E-state index is 4.50.